The molecule has 0 aliphatic carbocycles. The number of para-hydroxylation sites is 1. The molecule has 1 heterocycles. The molecule has 2 nitrogen and oxygen atoms in total. The Kier molecular flexibility index (Phi) is 3.11. The van der Waals surface area contributed by atoms with Crippen LogP contribution >= 0.6 is 11.8 Å². The van der Waals surface area contributed by atoms with E-state index in [0.29, 0.717) is 16.1 Å². The van der Waals surface area contributed by atoms with E-state index >= 15 is 0 Å². The summed E-state index contributed by atoms with van der Waals surface area (Å²) in [6.07, 6.45) is 1.07. The molecule has 0 spiro atoms. The molecule has 3 heteroatoms. The Morgan fingerprint density at radius 1 is 1.33 bits per heavy atom. The minimum atomic E-state index is 0.0375. The van der Waals surface area contributed by atoms with Crippen molar-refractivity contribution in [3.05, 3.63) is 40.6 Å². The molecule has 0 fully saturated rings. The summed E-state index contributed by atoms with van der Waals surface area (Å²) in [5.41, 5.74) is 0.707. The van der Waals surface area contributed by atoms with Gasteiger partial charge in [-0.05, 0) is 18.6 Å². The second-order valence-electron chi connectivity index (χ2n) is 3.27. The van der Waals surface area contributed by atoms with Gasteiger partial charge in [0.2, 0.25) is 0 Å². The van der Waals surface area contributed by atoms with Crippen LogP contribution in [0.1, 0.15) is 13.3 Å². The molecular weight excluding hydrogens is 208 g/mol. The van der Waals surface area contributed by atoms with E-state index in [1.54, 1.807) is 23.9 Å². The summed E-state index contributed by atoms with van der Waals surface area (Å²) in [6.45, 7) is 2.10. The average molecular weight is 220 g/mol. The predicted molar refractivity (Wildman–Crippen MR) is 63.5 cm³/mol. The third kappa shape index (κ3) is 2.23. The molecule has 0 aliphatic heterocycles. The van der Waals surface area contributed by atoms with E-state index < -0.39 is 0 Å². The lowest BCUT2D eigenvalue weighted by Crippen LogP contribution is -1.99. The van der Waals surface area contributed by atoms with Crippen LogP contribution in [0.15, 0.2) is 44.6 Å². The molecule has 0 unspecified atom stereocenters. The topological polar surface area (TPSA) is 30.2 Å². The molecule has 0 radical (unpaired) electrons. The smallest absolute Gasteiger partial charge is 0.193 e. The van der Waals surface area contributed by atoms with Crippen LogP contribution in [0.4, 0.5) is 0 Å². The van der Waals surface area contributed by atoms with Crippen LogP contribution in [0, 0.1) is 0 Å². The summed E-state index contributed by atoms with van der Waals surface area (Å²) in [5, 5.41) is 1.36. The first kappa shape index (κ1) is 10.3. The van der Waals surface area contributed by atoms with Gasteiger partial charge in [0.1, 0.15) is 5.58 Å². The zero-order valence-corrected chi connectivity index (χ0v) is 9.34. The summed E-state index contributed by atoms with van der Waals surface area (Å²) in [7, 11) is 0. The number of hydrogen-bond donors (Lipinski definition) is 0. The molecule has 0 N–H and O–H groups in total. The van der Waals surface area contributed by atoms with Gasteiger partial charge in [0, 0.05) is 11.8 Å². The Labute approximate surface area is 92.3 Å². The Morgan fingerprint density at radius 3 is 2.93 bits per heavy atom. The highest BCUT2D eigenvalue weighted by Gasteiger charge is 2.03. The van der Waals surface area contributed by atoms with Crippen molar-refractivity contribution >= 4 is 22.7 Å². The number of hydrogen-bond acceptors (Lipinski definition) is 3. The third-order valence-corrected chi connectivity index (χ3v) is 3.16. The fourth-order valence-corrected chi connectivity index (χ4v) is 2.10. The minimum Gasteiger partial charge on any atom is -0.450 e. The molecule has 2 rings (SSSR count). The van der Waals surface area contributed by atoms with Gasteiger partial charge in [-0.25, -0.2) is 0 Å². The molecule has 0 amide bonds. The highest BCUT2D eigenvalue weighted by Crippen LogP contribution is 2.21. The molecule has 1 aromatic heterocycles. The summed E-state index contributed by atoms with van der Waals surface area (Å²) in [4.78, 5) is 11.7. The largest absolute Gasteiger partial charge is 0.450 e. The van der Waals surface area contributed by atoms with Crippen LogP contribution in [0.3, 0.4) is 0 Å². The van der Waals surface area contributed by atoms with Gasteiger partial charge < -0.3 is 4.42 Å². The van der Waals surface area contributed by atoms with E-state index in [1.165, 1.54) is 0 Å². The Hall–Kier alpha value is -1.22. The maximum Gasteiger partial charge on any atom is 0.193 e. The Balaban J connectivity index is 2.48. The average Bonchev–Trinajstić information content (AvgIpc) is 2.26. The van der Waals surface area contributed by atoms with Crippen LogP contribution in [-0.2, 0) is 0 Å². The van der Waals surface area contributed by atoms with Gasteiger partial charge in [0.05, 0.1) is 5.39 Å². The maximum atomic E-state index is 11.7. The van der Waals surface area contributed by atoms with Crippen molar-refractivity contribution < 1.29 is 4.42 Å². The van der Waals surface area contributed by atoms with Crippen LogP contribution in [0.25, 0.3) is 11.0 Å². The first-order valence-corrected chi connectivity index (χ1v) is 5.95. The second kappa shape index (κ2) is 4.53. The lowest BCUT2D eigenvalue weighted by Gasteiger charge is -2.00. The van der Waals surface area contributed by atoms with Gasteiger partial charge >= 0.3 is 0 Å². The van der Waals surface area contributed by atoms with Crippen molar-refractivity contribution in [2.45, 2.75) is 18.4 Å². The number of thioether (sulfide) groups is 1. The van der Waals surface area contributed by atoms with Gasteiger partial charge in [0.15, 0.2) is 10.5 Å². The highest BCUT2D eigenvalue weighted by molar-refractivity contribution is 7.99. The van der Waals surface area contributed by atoms with E-state index in [9.17, 15) is 4.79 Å². The molecule has 0 atom stereocenters. The zero-order chi connectivity index (χ0) is 10.7. The lowest BCUT2D eigenvalue weighted by atomic mass is 10.2. The van der Waals surface area contributed by atoms with Crippen molar-refractivity contribution in [3.8, 4) is 0 Å². The van der Waals surface area contributed by atoms with Crippen molar-refractivity contribution in [2.24, 2.45) is 0 Å². The molecule has 1 aromatic carbocycles. The number of benzene rings is 1. The molecular formula is C12H12O2S. The zero-order valence-electron chi connectivity index (χ0n) is 8.53. The lowest BCUT2D eigenvalue weighted by molar-refractivity contribution is 0.500. The van der Waals surface area contributed by atoms with Crippen LogP contribution in [-0.4, -0.2) is 5.75 Å². The highest BCUT2D eigenvalue weighted by atomic mass is 32.2. The second-order valence-corrected chi connectivity index (χ2v) is 4.37. The molecule has 0 bridgehead atoms. The summed E-state index contributed by atoms with van der Waals surface area (Å²) in [6, 6.07) is 8.91. The fraction of sp³-hybridized carbons (Fsp3) is 0.250. The number of fused-ring (bicyclic) bond motifs is 1. The Morgan fingerprint density at radius 2 is 2.13 bits per heavy atom. The van der Waals surface area contributed by atoms with Gasteiger partial charge in [-0.1, -0.05) is 30.8 Å². The predicted octanol–water partition coefficient (Wildman–Crippen LogP) is 3.30. The van der Waals surface area contributed by atoms with Crippen molar-refractivity contribution in [1.29, 1.82) is 0 Å². The fourth-order valence-electron chi connectivity index (χ4n) is 1.36. The van der Waals surface area contributed by atoms with E-state index in [0.717, 1.165) is 12.2 Å². The summed E-state index contributed by atoms with van der Waals surface area (Å²) < 4.78 is 5.61. The monoisotopic (exact) mass is 220 g/mol. The molecule has 0 saturated carbocycles. The normalized spacial score (nSPS) is 10.7. The van der Waals surface area contributed by atoms with E-state index in [-0.39, 0.29) is 5.43 Å². The summed E-state index contributed by atoms with van der Waals surface area (Å²) in [5.74, 6) is 0.973. The van der Waals surface area contributed by atoms with Gasteiger partial charge in [-0.2, -0.15) is 0 Å². The number of rotatable bonds is 3. The van der Waals surface area contributed by atoms with Gasteiger partial charge in [-0.3, -0.25) is 4.79 Å². The van der Waals surface area contributed by atoms with E-state index in [1.807, 2.05) is 18.2 Å². The SMILES string of the molecule is CCCSc1cc(=O)c2ccccc2o1. The Bertz CT molecular complexity index is 516. The standard InChI is InChI=1S/C12H12O2S/c1-2-7-15-12-8-10(13)9-5-3-4-6-11(9)14-12/h3-6,8H,2,7H2,1H3. The molecule has 2 aromatic rings. The van der Waals surface area contributed by atoms with Crippen molar-refractivity contribution in [2.75, 3.05) is 5.75 Å². The van der Waals surface area contributed by atoms with Crippen LogP contribution < -0.4 is 5.43 Å². The molecule has 0 saturated heterocycles. The van der Waals surface area contributed by atoms with Gasteiger partial charge in [0.25, 0.3) is 0 Å². The van der Waals surface area contributed by atoms with Crippen LogP contribution in [0.2, 0.25) is 0 Å². The van der Waals surface area contributed by atoms with Gasteiger partial charge in [-0.15, -0.1) is 0 Å². The quantitative estimate of drug-likeness (QED) is 0.743. The van der Waals surface area contributed by atoms with E-state index in [4.69, 9.17) is 4.42 Å². The molecule has 78 valence electrons. The van der Waals surface area contributed by atoms with Crippen molar-refractivity contribution in [1.82, 2.24) is 0 Å². The summed E-state index contributed by atoms with van der Waals surface area (Å²) >= 11 is 1.58. The first-order valence-electron chi connectivity index (χ1n) is 4.97. The first-order chi connectivity index (χ1) is 7.31. The minimum absolute atomic E-state index is 0.0375. The molecule has 0 aliphatic rings. The van der Waals surface area contributed by atoms with Crippen molar-refractivity contribution in [3.63, 3.8) is 0 Å². The maximum absolute atomic E-state index is 11.7. The molecule has 15 heavy (non-hydrogen) atoms. The third-order valence-electron chi connectivity index (χ3n) is 2.06. The van der Waals surface area contributed by atoms with Crippen LogP contribution in [0.5, 0.6) is 0 Å². The van der Waals surface area contributed by atoms with E-state index in [2.05, 4.69) is 6.92 Å².